The first-order chi connectivity index (χ1) is 4.20. The van der Waals surface area contributed by atoms with E-state index in [-0.39, 0.29) is 16.2 Å². The fourth-order valence-corrected chi connectivity index (χ4v) is 0.640. The maximum absolute atomic E-state index is 8.73. The number of halogens is 2. The lowest BCUT2D eigenvalue weighted by Crippen LogP contribution is -1.80. The molecule has 0 saturated heterocycles. The normalized spacial score (nSPS) is 9.56. The largest absolute Gasteiger partial charge is 0.504 e. The molecule has 0 atom stereocenters. The van der Waals surface area contributed by atoms with E-state index in [1.165, 1.54) is 0 Å². The summed E-state index contributed by atoms with van der Waals surface area (Å²) in [6, 6.07) is 0. The number of rotatable bonds is 0. The van der Waals surface area contributed by atoms with Gasteiger partial charge in [0.05, 0.1) is 6.20 Å². The molecule has 48 valence electrons. The maximum atomic E-state index is 8.73. The summed E-state index contributed by atoms with van der Waals surface area (Å²) in [4.78, 5) is 6.90. The number of aromatic hydroxyl groups is 1. The molecule has 3 nitrogen and oxygen atoms in total. The molecule has 1 N–H and O–H groups in total. The highest BCUT2D eigenvalue weighted by Crippen LogP contribution is 2.19. The van der Waals surface area contributed by atoms with Crippen LogP contribution in [-0.4, -0.2) is 15.1 Å². The topological polar surface area (TPSA) is 46.0 Å². The lowest BCUT2D eigenvalue weighted by atomic mass is 10.6. The number of hydrogen-bond acceptors (Lipinski definition) is 3. The Kier molecular flexibility index (Phi) is 1.73. The van der Waals surface area contributed by atoms with Crippen LogP contribution in [-0.2, 0) is 0 Å². The molecule has 1 aromatic rings. The van der Waals surface area contributed by atoms with E-state index in [0.717, 1.165) is 6.20 Å². The fourth-order valence-electron chi connectivity index (χ4n) is 0.335. The van der Waals surface area contributed by atoms with Crippen LogP contribution in [0.1, 0.15) is 0 Å². The van der Waals surface area contributed by atoms with Crippen LogP contribution in [0.3, 0.4) is 0 Å². The van der Waals surface area contributed by atoms with Crippen LogP contribution in [0.25, 0.3) is 0 Å². The van der Waals surface area contributed by atoms with E-state index in [1.54, 1.807) is 0 Å². The Balaban J connectivity index is 3.17. The number of nitrogens with zero attached hydrogens (tertiary/aromatic N) is 2. The van der Waals surface area contributed by atoms with Crippen molar-refractivity contribution in [2.45, 2.75) is 0 Å². The third-order valence-corrected chi connectivity index (χ3v) is 1.16. The van der Waals surface area contributed by atoms with E-state index in [0.29, 0.717) is 0 Å². The van der Waals surface area contributed by atoms with Gasteiger partial charge in [0.25, 0.3) is 0 Å². The van der Waals surface area contributed by atoms with Gasteiger partial charge in [-0.2, -0.15) is 0 Å². The van der Waals surface area contributed by atoms with Crippen LogP contribution in [0.15, 0.2) is 6.20 Å². The molecule has 0 aromatic carbocycles. The van der Waals surface area contributed by atoms with E-state index in [4.69, 9.17) is 28.3 Å². The van der Waals surface area contributed by atoms with Crippen molar-refractivity contribution in [3.8, 4) is 5.75 Å². The van der Waals surface area contributed by atoms with Gasteiger partial charge in [-0.3, -0.25) is 0 Å². The lowest BCUT2D eigenvalue weighted by Gasteiger charge is -1.91. The van der Waals surface area contributed by atoms with Gasteiger partial charge in [-0.15, -0.1) is 0 Å². The number of hydrogen-bond donors (Lipinski definition) is 1. The van der Waals surface area contributed by atoms with Gasteiger partial charge >= 0.3 is 0 Å². The molecular formula is C4H2Cl2N2O. The van der Waals surface area contributed by atoms with Crippen molar-refractivity contribution in [2.24, 2.45) is 0 Å². The Morgan fingerprint density at radius 1 is 1.44 bits per heavy atom. The van der Waals surface area contributed by atoms with Gasteiger partial charge in [-0.05, 0) is 11.6 Å². The first-order valence-corrected chi connectivity index (χ1v) is 2.83. The van der Waals surface area contributed by atoms with Gasteiger partial charge in [0.15, 0.2) is 10.9 Å². The predicted molar refractivity (Wildman–Crippen MR) is 33.7 cm³/mol. The van der Waals surface area contributed by atoms with Crippen LogP contribution in [0.5, 0.6) is 5.75 Å². The van der Waals surface area contributed by atoms with Crippen molar-refractivity contribution in [3.05, 3.63) is 16.6 Å². The van der Waals surface area contributed by atoms with Gasteiger partial charge < -0.3 is 5.11 Å². The average molecular weight is 165 g/mol. The van der Waals surface area contributed by atoms with Crippen LogP contribution in [0.2, 0.25) is 10.4 Å². The minimum Gasteiger partial charge on any atom is -0.504 e. The molecule has 0 fully saturated rings. The van der Waals surface area contributed by atoms with Crippen molar-refractivity contribution in [2.75, 3.05) is 0 Å². The molecule has 1 heterocycles. The van der Waals surface area contributed by atoms with E-state index in [1.807, 2.05) is 0 Å². The molecule has 5 heteroatoms. The molecule has 0 bridgehead atoms. The highest BCUT2D eigenvalue weighted by atomic mass is 35.5. The molecule has 0 aliphatic carbocycles. The summed E-state index contributed by atoms with van der Waals surface area (Å²) < 4.78 is 0. The molecule has 0 radical (unpaired) electrons. The third kappa shape index (κ3) is 1.43. The van der Waals surface area contributed by atoms with Crippen LogP contribution >= 0.6 is 23.2 Å². The Labute approximate surface area is 61.3 Å². The standard InChI is InChI=1S/C4H2Cl2N2O/c5-3-2(9)1-7-4(6)8-3/h1,9H. The third-order valence-electron chi connectivity index (χ3n) is 0.695. The zero-order chi connectivity index (χ0) is 6.85. The predicted octanol–water partition coefficient (Wildman–Crippen LogP) is 1.49. The van der Waals surface area contributed by atoms with E-state index >= 15 is 0 Å². The minimum atomic E-state index is -0.166. The van der Waals surface area contributed by atoms with E-state index in [9.17, 15) is 0 Å². The van der Waals surface area contributed by atoms with Crippen molar-refractivity contribution in [1.29, 1.82) is 0 Å². The Morgan fingerprint density at radius 2 is 2.11 bits per heavy atom. The molecular weight excluding hydrogens is 163 g/mol. The van der Waals surface area contributed by atoms with Gasteiger partial charge in [0.2, 0.25) is 5.28 Å². The zero-order valence-corrected chi connectivity index (χ0v) is 5.69. The minimum absolute atomic E-state index is 0.0257. The second-order valence-corrected chi connectivity index (χ2v) is 2.01. The SMILES string of the molecule is Oc1cnc(Cl)nc1Cl. The summed E-state index contributed by atoms with van der Waals surface area (Å²) in [6.45, 7) is 0. The summed E-state index contributed by atoms with van der Waals surface area (Å²) in [6.07, 6.45) is 1.14. The Bertz CT molecular complexity index is 228. The van der Waals surface area contributed by atoms with Crippen molar-refractivity contribution >= 4 is 23.2 Å². The highest BCUT2D eigenvalue weighted by Gasteiger charge is 1.98. The van der Waals surface area contributed by atoms with E-state index in [2.05, 4.69) is 9.97 Å². The van der Waals surface area contributed by atoms with Gasteiger partial charge in [-0.1, -0.05) is 11.6 Å². The van der Waals surface area contributed by atoms with Gasteiger partial charge in [0.1, 0.15) is 0 Å². The summed E-state index contributed by atoms with van der Waals surface area (Å²) in [5, 5.41) is 8.72. The highest BCUT2D eigenvalue weighted by molar-refractivity contribution is 6.32. The molecule has 0 unspecified atom stereocenters. The van der Waals surface area contributed by atoms with Gasteiger partial charge in [0, 0.05) is 0 Å². The molecule has 1 rings (SSSR count). The summed E-state index contributed by atoms with van der Waals surface area (Å²) in [5.41, 5.74) is 0. The van der Waals surface area contributed by atoms with E-state index < -0.39 is 0 Å². The van der Waals surface area contributed by atoms with Crippen molar-refractivity contribution in [1.82, 2.24) is 9.97 Å². The van der Waals surface area contributed by atoms with Crippen LogP contribution in [0, 0.1) is 0 Å². The second kappa shape index (κ2) is 2.37. The van der Waals surface area contributed by atoms with Crippen molar-refractivity contribution < 1.29 is 5.11 Å². The van der Waals surface area contributed by atoms with Gasteiger partial charge in [-0.25, -0.2) is 9.97 Å². The lowest BCUT2D eigenvalue weighted by molar-refractivity contribution is 0.470. The van der Waals surface area contributed by atoms with Crippen LogP contribution < -0.4 is 0 Å². The Morgan fingerprint density at radius 3 is 2.56 bits per heavy atom. The monoisotopic (exact) mass is 164 g/mol. The zero-order valence-electron chi connectivity index (χ0n) is 4.17. The summed E-state index contributed by atoms with van der Waals surface area (Å²) in [5.74, 6) is -0.166. The molecule has 0 amide bonds. The summed E-state index contributed by atoms with van der Waals surface area (Å²) >= 11 is 10.6. The maximum Gasteiger partial charge on any atom is 0.224 e. The van der Waals surface area contributed by atoms with Crippen molar-refractivity contribution in [3.63, 3.8) is 0 Å². The Hall–Kier alpha value is -0.540. The first kappa shape index (κ1) is 6.58. The summed E-state index contributed by atoms with van der Waals surface area (Å²) in [7, 11) is 0. The molecule has 0 spiro atoms. The molecule has 1 aromatic heterocycles. The quantitative estimate of drug-likeness (QED) is 0.467. The second-order valence-electron chi connectivity index (χ2n) is 1.32. The molecule has 0 aliphatic heterocycles. The first-order valence-electron chi connectivity index (χ1n) is 2.07. The smallest absolute Gasteiger partial charge is 0.224 e. The van der Waals surface area contributed by atoms with Crippen LogP contribution in [0.4, 0.5) is 0 Å². The average Bonchev–Trinajstić information content (AvgIpc) is 1.80. The fraction of sp³-hybridized carbons (Fsp3) is 0. The molecule has 0 saturated carbocycles. The molecule has 0 aliphatic rings. The molecule has 9 heavy (non-hydrogen) atoms. The number of aromatic nitrogens is 2.